The molecule has 0 unspecified atom stereocenters. The smallest absolute Gasteiger partial charge is 0.240 e. The summed E-state index contributed by atoms with van der Waals surface area (Å²) in [5.74, 6) is 0. The van der Waals surface area contributed by atoms with E-state index in [-0.39, 0.29) is 18.2 Å². The molecular weight excluding hydrogens is 274 g/mol. The molecule has 0 radical (unpaired) electrons. The molecule has 1 aromatic rings. The van der Waals surface area contributed by atoms with Gasteiger partial charge < -0.3 is 4.74 Å². The van der Waals surface area contributed by atoms with E-state index in [9.17, 15) is 8.42 Å². The van der Waals surface area contributed by atoms with E-state index in [1.165, 1.54) is 0 Å². The van der Waals surface area contributed by atoms with Crippen LogP contribution in [-0.4, -0.2) is 26.7 Å². The van der Waals surface area contributed by atoms with Crippen molar-refractivity contribution in [1.29, 1.82) is 0 Å². The highest BCUT2D eigenvalue weighted by atomic mass is 32.2. The Morgan fingerprint density at radius 1 is 1.20 bits per heavy atom. The fraction of sp³-hybridized carbons (Fsp3) is 0.600. The molecule has 0 aromatic heterocycles. The Balaban J connectivity index is 2.09. The van der Waals surface area contributed by atoms with Crippen molar-refractivity contribution in [1.82, 2.24) is 4.72 Å². The zero-order valence-corrected chi connectivity index (χ0v) is 13.1. The second-order valence-corrected chi connectivity index (χ2v) is 7.41. The summed E-state index contributed by atoms with van der Waals surface area (Å²) >= 11 is 0. The molecule has 1 aliphatic carbocycles. The highest BCUT2D eigenvalue weighted by Crippen LogP contribution is 2.25. The van der Waals surface area contributed by atoms with Crippen molar-refractivity contribution in [2.75, 3.05) is 0 Å². The molecule has 1 aromatic carbocycles. The maximum Gasteiger partial charge on any atom is 0.240 e. The van der Waals surface area contributed by atoms with Gasteiger partial charge in [0.1, 0.15) is 0 Å². The van der Waals surface area contributed by atoms with Gasteiger partial charge in [0, 0.05) is 6.04 Å². The first-order valence-electron chi connectivity index (χ1n) is 7.13. The predicted octanol–water partition coefficient (Wildman–Crippen LogP) is 2.62. The molecule has 1 aliphatic rings. The molecule has 5 heteroatoms. The Kier molecular flexibility index (Phi) is 4.83. The van der Waals surface area contributed by atoms with E-state index in [4.69, 9.17) is 4.74 Å². The third-order valence-electron chi connectivity index (χ3n) is 3.54. The highest BCUT2D eigenvalue weighted by molar-refractivity contribution is 7.89. The van der Waals surface area contributed by atoms with E-state index in [0.29, 0.717) is 4.90 Å². The lowest BCUT2D eigenvalue weighted by Crippen LogP contribution is -2.41. The van der Waals surface area contributed by atoms with Crippen LogP contribution in [0.15, 0.2) is 29.2 Å². The molecule has 4 nitrogen and oxygen atoms in total. The molecule has 0 aliphatic heterocycles. The maximum atomic E-state index is 12.4. The summed E-state index contributed by atoms with van der Waals surface area (Å²) in [6.07, 6.45) is 2.85. The summed E-state index contributed by atoms with van der Waals surface area (Å²) in [6, 6.07) is 6.79. The average Bonchev–Trinajstić information content (AvgIpc) is 2.75. The summed E-state index contributed by atoms with van der Waals surface area (Å²) in [7, 11) is -3.46. The van der Waals surface area contributed by atoms with Crippen LogP contribution < -0.4 is 4.72 Å². The Bertz CT molecular complexity index is 537. The van der Waals surface area contributed by atoms with Crippen molar-refractivity contribution in [3.63, 3.8) is 0 Å². The fourth-order valence-corrected chi connectivity index (χ4v) is 3.86. The molecule has 1 fully saturated rings. The molecule has 2 atom stereocenters. The zero-order chi connectivity index (χ0) is 14.8. The first-order valence-corrected chi connectivity index (χ1v) is 8.61. The molecule has 20 heavy (non-hydrogen) atoms. The summed E-state index contributed by atoms with van der Waals surface area (Å²) < 4.78 is 33.3. The quantitative estimate of drug-likeness (QED) is 0.909. The molecule has 1 N–H and O–H groups in total. The second kappa shape index (κ2) is 6.24. The Morgan fingerprint density at radius 2 is 1.85 bits per heavy atom. The van der Waals surface area contributed by atoms with Crippen LogP contribution in [0.3, 0.4) is 0 Å². The highest BCUT2D eigenvalue weighted by Gasteiger charge is 2.32. The van der Waals surface area contributed by atoms with Crippen LogP contribution in [0.25, 0.3) is 0 Å². The minimum Gasteiger partial charge on any atom is -0.374 e. The van der Waals surface area contributed by atoms with Crippen molar-refractivity contribution in [3.05, 3.63) is 29.8 Å². The summed E-state index contributed by atoms with van der Waals surface area (Å²) in [5, 5.41) is 0. The number of ether oxygens (including phenoxy) is 1. The standard InChI is InChI=1S/C15H23NO3S/c1-11(2)19-15-6-4-5-14(15)16-20(17,18)13-9-7-12(3)8-10-13/h7-11,14-16H,4-6H2,1-3H3/t14-,15-/m0/s1. The Hall–Kier alpha value is -0.910. The Morgan fingerprint density at radius 3 is 2.45 bits per heavy atom. The van der Waals surface area contributed by atoms with Gasteiger partial charge in [0.25, 0.3) is 0 Å². The van der Waals surface area contributed by atoms with Gasteiger partial charge in [-0.25, -0.2) is 13.1 Å². The van der Waals surface area contributed by atoms with Crippen LogP contribution in [-0.2, 0) is 14.8 Å². The average molecular weight is 297 g/mol. The van der Waals surface area contributed by atoms with Crippen LogP contribution in [0.2, 0.25) is 0 Å². The lowest BCUT2D eigenvalue weighted by Gasteiger charge is -2.23. The van der Waals surface area contributed by atoms with Gasteiger partial charge in [-0.3, -0.25) is 0 Å². The summed E-state index contributed by atoms with van der Waals surface area (Å²) in [4.78, 5) is 0.318. The first-order chi connectivity index (χ1) is 9.38. The molecule has 112 valence electrons. The monoisotopic (exact) mass is 297 g/mol. The van der Waals surface area contributed by atoms with Crippen molar-refractivity contribution in [3.8, 4) is 0 Å². The van der Waals surface area contributed by atoms with Gasteiger partial charge in [0.15, 0.2) is 0 Å². The molecule has 0 heterocycles. The van der Waals surface area contributed by atoms with Gasteiger partial charge in [0.2, 0.25) is 10.0 Å². The topological polar surface area (TPSA) is 55.4 Å². The third-order valence-corrected chi connectivity index (χ3v) is 5.04. The minimum atomic E-state index is -3.46. The number of benzene rings is 1. The second-order valence-electron chi connectivity index (χ2n) is 5.70. The molecule has 1 saturated carbocycles. The number of hydrogen-bond donors (Lipinski definition) is 1. The fourth-order valence-electron chi connectivity index (χ4n) is 2.56. The van der Waals surface area contributed by atoms with Crippen molar-refractivity contribution >= 4 is 10.0 Å². The van der Waals surface area contributed by atoms with Crippen molar-refractivity contribution < 1.29 is 13.2 Å². The van der Waals surface area contributed by atoms with Gasteiger partial charge >= 0.3 is 0 Å². The number of hydrogen-bond acceptors (Lipinski definition) is 3. The van der Waals surface area contributed by atoms with E-state index in [1.807, 2.05) is 32.9 Å². The van der Waals surface area contributed by atoms with E-state index in [1.54, 1.807) is 12.1 Å². The number of sulfonamides is 1. The SMILES string of the molecule is Cc1ccc(S(=O)(=O)N[C@H]2CCC[C@@H]2OC(C)C)cc1. The van der Waals surface area contributed by atoms with Gasteiger partial charge in [-0.1, -0.05) is 17.7 Å². The van der Waals surface area contributed by atoms with E-state index < -0.39 is 10.0 Å². The van der Waals surface area contributed by atoms with Gasteiger partial charge in [0.05, 0.1) is 17.1 Å². The third kappa shape index (κ3) is 3.81. The first kappa shape index (κ1) is 15.5. The maximum absolute atomic E-state index is 12.4. The van der Waals surface area contributed by atoms with Gasteiger partial charge in [-0.2, -0.15) is 0 Å². The van der Waals surface area contributed by atoms with E-state index >= 15 is 0 Å². The van der Waals surface area contributed by atoms with Crippen LogP contribution in [0.4, 0.5) is 0 Å². The molecule has 0 amide bonds. The van der Waals surface area contributed by atoms with Crippen molar-refractivity contribution in [2.45, 2.75) is 63.2 Å². The molecule has 0 spiro atoms. The zero-order valence-electron chi connectivity index (χ0n) is 12.3. The number of nitrogens with one attached hydrogen (secondary N) is 1. The minimum absolute atomic E-state index is 0.0183. The largest absolute Gasteiger partial charge is 0.374 e. The van der Waals surface area contributed by atoms with Crippen molar-refractivity contribution in [2.24, 2.45) is 0 Å². The van der Waals surface area contributed by atoms with Gasteiger partial charge in [-0.05, 0) is 52.2 Å². The lowest BCUT2D eigenvalue weighted by molar-refractivity contribution is 0.00139. The van der Waals surface area contributed by atoms with E-state index in [0.717, 1.165) is 24.8 Å². The molecule has 2 rings (SSSR count). The molecular formula is C15H23NO3S. The molecule has 0 bridgehead atoms. The summed E-state index contributed by atoms with van der Waals surface area (Å²) in [5.41, 5.74) is 1.05. The van der Waals surface area contributed by atoms with Gasteiger partial charge in [-0.15, -0.1) is 0 Å². The van der Waals surface area contributed by atoms with Crippen LogP contribution in [0, 0.1) is 6.92 Å². The normalized spacial score (nSPS) is 23.4. The lowest BCUT2D eigenvalue weighted by atomic mass is 10.2. The van der Waals surface area contributed by atoms with E-state index in [2.05, 4.69) is 4.72 Å². The van der Waals surface area contributed by atoms with Crippen LogP contribution >= 0.6 is 0 Å². The van der Waals surface area contributed by atoms with Crippen LogP contribution in [0.5, 0.6) is 0 Å². The summed E-state index contributed by atoms with van der Waals surface area (Å²) in [6.45, 7) is 5.89. The molecule has 0 saturated heterocycles. The number of rotatable bonds is 5. The number of aryl methyl sites for hydroxylation is 1. The predicted molar refractivity (Wildman–Crippen MR) is 79.1 cm³/mol. The van der Waals surface area contributed by atoms with Crippen LogP contribution in [0.1, 0.15) is 38.7 Å². The Labute approximate surface area is 121 Å².